The van der Waals surface area contributed by atoms with E-state index in [0.29, 0.717) is 5.12 Å². The Hall–Kier alpha value is -1.30. The van der Waals surface area contributed by atoms with Crippen molar-refractivity contribution in [3.8, 4) is 0 Å². The smallest absolute Gasteiger partial charge is 0.427 e. The van der Waals surface area contributed by atoms with Crippen molar-refractivity contribution in [2.45, 2.75) is 33.3 Å². The maximum atomic E-state index is 11.0. The van der Waals surface area contributed by atoms with Gasteiger partial charge in [0.05, 0.1) is 0 Å². The second-order valence-corrected chi connectivity index (χ2v) is 3.50. The van der Waals surface area contributed by atoms with Gasteiger partial charge in [-0.1, -0.05) is 0 Å². The maximum absolute atomic E-state index is 11.0. The zero-order chi connectivity index (χ0) is 10.6. The molecule has 0 heterocycles. The van der Waals surface area contributed by atoms with Crippen molar-refractivity contribution >= 4 is 12.0 Å². The van der Waals surface area contributed by atoms with Crippen molar-refractivity contribution in [2.24, 2.45) is 5.84 Å². The molecule has 0 aliphatic rings. The van der Waals surface area contributed by atoms with Crippen LogP contribution in [0.5, 0.6) is 0 Å². The number of rotatable bonds is 0. The molecule has 0 saturated heterocycles. The van der Waals surface area contributed by atoms with Gasteiger partial charge in [-0.25, -0.2) is 16.1 Å². The second-order valence-electron chi connectivity index (χ2n) is 3.50. The highest BCUT2D eigenvalue weighted by Crippen LogP contribution is 2.06. The Morgan fingerprint density at radius 2 is 1.85 bits per heavy atom. The molecule has 76 valence electrons. The van der Waals surface area contributed by atoms with Crippen molar-refractivity contribution in [1.29, 1.82) is 0 Å². The monoisotopic (exact) mass is 189 g/mol. The molecule has 6 nitrogen and oxygen atoms in total. The van der Waals surface area contributed by atoms with Crippen LogP contribution in [0.3, 0.4) is 0 Å². The summed E-state index contributed by atoms with van der Waals surface area (Å²) in [5, 5.41) is 0.564. The molecule has 0 aromatic heterocycles. The van der Waals surface area contributed by atoms with E-state index in [1.807, 2.05) is 5.43 Å². The Kier molecular flexibility index (Phi) is 3.68. The highest BCUT2D eigenvalue weighted by molar-refractivity contribution is 5.76. The maximum Gasteiger partial charge on any atom is 0.427 e. The van der Waals surface area contributed by atoms with E-state index in [1.165, 1.54) is 6.92 Å². The molecular weight excluding hydrogens is 174 g/mol. The normalized spacial score (nSPS) is 10.5. The molecule has 0 rings (SSSR count). The van der Waals surface area contributed by atoms with E-state index < -0.39 is 17.6 Å². The van der Waals surface area contributed by atoms with Crippen molar-refractivity contribution in [1.82, 2.24) is 10.5 Å². The molecule has 0 aromatic carbocycles. The first kappa shape index (κ1) is 11.7. The molecule has 0 aliphatic carbocycles. The SMILES string of the molecule is CC(=O)N(N)NC(=O)OC(C)(C)C. The number of nitrogens with zero attached hydrogens (tertiary/aromatic N) is 1. The van der Waals surface area contributed by atoms with Crippen molar-refractivity contribution in [3.63, 3.8) is 0 Å². The van der Waals surface area contributed by atoms with Crippen LogP contribution >= 0.6 is 0 Å². The van der Waals surface area contributed by atoms with Gasteiger partial charge < -0.3 is 4.74 Å². The summed E-state index contributed by atoms with van der Waals surface area (Å²) in [4.78, 5) is 21.5. The summed E-state index contributed by atoms with van der Waals surface area (Å²) in [6.07, 6.45) is -0.759. The topological polar surface area (TPSA) is 84.7 Å². The van der Waals surface area contributed by atoms with Gasteiger partial charge in [0.2, 0.25) is 0 Å². The molecule has 6 heteroatoms. The number of ether oxygens (including phenoxy) is 1. The van der Waals surface area contributed by atoms with E-state index in [4.69, 9.17) is 10.6 Å². The molecule has 0 radical (unpaired) electrons. The lowest BCUT2D eigenvalue weighted by atomic mass is 10.2. The Bertz CT molecular complexity index is 210. The molecule has 0 fully saturated rings. The summed E-state index contributed by atoms with van der Waals surface area (Å²) in [7, 11) is 0. The molecule has 0 atom stereocenters. The molecule has 3 N–H and O–H groups in total. The van der Waals surface area contributed by atoms with E-state index in [0.717, 1.165) is 0 Å². The predicted molar refractivity (Wildman–Crippen MR) is 46.1 cm³/mol. The van der Waals surface area contributed by atoms with E-state index in [9.17, 15) is 9.59 Å². The molecular formula is C7H15N3O3. The van der Waals surface area contributed by atoms with Gasteiger partial charge in [-0.05, 0) is 20.8 Å². The van der Waals surface area contributed by atoms with Crippen LogP contribution in [0, 0.1) is 0 Å². The largest absolute Gasteiger partial charge is 0.443 e. The minimum absolute atomic E-state index is 0.481. The zero-order valence-corrected chi connectivity index (χ0v) is 8.25. The van der Waals surface area contributed by atoms with Crippen LogP contribution in [0.15, 0.2) is 0 Å². The molecule has 0 spiro atoms. The van der Waals surface area contributed by atoms with E-state index >= 15 is 0 Å². The fourth-order valence-corrected chi connectivity index (χ4v) is 0.478. The third-order valence-electron chi connectivity index (χ3n) is 0.950. The van der Waals surface area contributed by atoms with Crippen LogP contribution in [-0.4, -0.2) is 22.7 Å². The van der Waals surface area contributed by atoms with Crippen LogP contribution in [0.2, 0.25) is 0 Å². The molecule has 0 bridgehead atoms. The fraction of sp³-hybridized carbons (Fsp3) is 0.714. The van der Waals surface area contributed by atoms with Crippen molar-refractivity contribution in [2.75, 3.05) is 0 Å². The van der Waals surface area contributed by atoms with Gasteiger partial charge in [0.15, 0.2) is 0 Å². The summed E-state index contributed by atoms with van der Waals surface area (Å²) in [5.74, 6) is 4.63. The second kappa shape index (κ2) is 4.08. The van der Waals surface area contributed by atoms with Gasteiger partial charge in [-0.2, -0.15) is 5.12 Å². The molecule has 2 amide bonds. The van der Waals surface area contributed by atoms with Crippen LogP contribution < -0.4 is 11.3 Å². The number of amides is 2. The van der Waals surface area contributed by atoms with Crippen molar-refractivity contribution < 1.29 is 14.3 Å². The van der Waals surface area contributed by atoms with Gasteiger partial charge in [0, 0.05) is 6.92 Å². The lowest BCUT2D eigenvalue weighted by Crippen LogP contribution is -2.51. The third-order valence-corrected chi connectivity index (χ3v) is 0.950. The Morgan fingerprint density at radius 3 is 2.15 bits per heavy atom. The van der Waals surface area contributed by atoms with Gasteiger partial charge in [-0.3, -0.25) is 4.79 Å². The number of hydrogen-bond donors (Lipinski definition) is 2. The number of carbonyl (C=O) groups excluding carboxylic acids is 2. The Labute approximate surface area is 77.0 Å². The molecule has 0 aromatic rings. The summed E-state index contributed by atoms with van der Waals surface area (Å²) < 4.78 is 4.83. The molecule has 0 unspecified atom stereocenters. The van der Waals surface area contributed by atoms with Gasteiger partial charge >= 0.3 is 6.09 Å². The summed E-state index contributed by atoms with van der Waals surface area (Å²) >= 11 is 0. The third kappa shape index (κ3) is 5.92. The number of nitrogens with one attached hydrogen (secondary N) is 1. The van der Waals surface area contributed by atoms with Gasteiger partial charge in [0.25, 0.3) is 5.91 Å². The number of hydrogen-bond acceptors (Lipinski definition) is 4. The van der Waals surface area contributed by atoms with Crippen LogP contribution in [0.25, 0.3) is 0 Å². The van der Waals surface area contributed by atoms with Crippen LogP contribution in [0.4, 0.5) is 4.79 Å². The Balaban J connectivity index is 3.96. The number of carbonyl (C=O) groups is 2. The zero-order valence-electron chi connectivity index (χ0n) is 8.25. The van der Waals surface area contributed by atoms with E-state index in [-0.39, 0.29) is 0 Å². The number of hydrazine groups is 2. The minimum atomic E-state index is -0.759. The lowest BCUT2D eigenvalue weighted by molar-refractivity contribution is -0.132. The molecule has 0 aliphatic heterocycles. The predicted octanol–water partition coefficient (Wildman–Crippen LogP) is 0.148. The lowest BCUT2D eigenvalue weighted by Gasteiger charge is -2.22. The highest BCUT2D eigenvalue weighted by atomic mass is 16.6. The van der Waals surface area contributed by atoms with Gasteiger partial charge in [0.1, 0.15) is 5.60 Å². The first-order valence-electron chi connectivity index (χ1n) is 3.77. The summed E-state index contributed by atoms with van der Waals surface area (Å²) in [6, 6.07) is 0. The Morgan fingerprint density at radius 1 is 1.38 bits per heavy atom. The summed E-state index contributed by atoms with van der Waals surface area (Å²) in [5.41, 5.74) is 1.43. The first-order valence-corrected chi connectivity index (χ1v) is 3.77. The fourth-order valence-electron chi connectivity index (χ4n) is 0.478. The van der Waals surface area contributed by atoms with E-state index in [2.05, 4.69) is 0 Å². The van der Waals surface area contributed by atoms with Gasteiger partial charge in [-0.15, -0.1) is 0 Å². The van der Waals surface area contributed by atoms with Crippen LogP contribution in [-0.2, 0) is 9.53 Å². The molecule has 13 heavy (non-hydrogen) atoms. The van der Waals surface area contributed by atoms with E-state index in [1.54, 1.807) is 20.8 Å². The minimum Gasteiger partial charge on any atom is -0.443 e. The van der Waals surface area contributed by atoms with Crippen molar-refractivity contribution in [3.05, 3.63) is 0 Å². The highest BCUT2D eigenvalue weighted by Gasteiger charge is 2.17. The molecule has 0 saturated carbocycles. The first-order chi connectivity index (χ1) is 5.72. The van der Waals surface area contributed by atoms with Crippen LogP contribution in [0.1, 0.15) is 27.7 Å². The average Bonchev–Trinajstić information content (AvgIpc) is 1.81. The summed E-state index contributed by atoms with van der Waals surface area (Å²) in [6.45, 7) is 6.35. The number of nitrogens with two attached hydrogens (primary N) is 1. The standard InChI is InChI=1S/C7H15N3O3/c1-5(11)10(8)9-6(12)13-7(2,3)4/h8H2,1-4H3,(H,9,12). The quantitative estimate of drug-likeness (QED) is 0.322. The average molecular weight is 189 g/mol.